The van der Waals surface area contributed by atoms with Crippen LogP contribution in [0.1, 0.15) is 11.1 Å². The predicted molar refractivity (Wildman–Crippen MR) is 93.7 cm³/mol. The minimum Gasteiger partial charge on any atom is -0.339 e. The highest BCUT2D eigenvalue weighted by atomic mass is 35.5. The molecule has 0 fully saturated rings. The lowest BCUT2D eigenvalue weighted by Crippen LogP contribution is -2.02. The molecule has 0 radical (unpaired) electrons. The quantitative estimate of drug-likeness (QED) is 0.714. The molecule has 1 aromatic heterocycles. The van der Waals surface area contributed by atoms with E-state index in [0.29, 0.717) is 17.5 Å². The topological polar surface area (TPSA) is 62.7 Å². The van der Waals surface area contributed by atoms with Gasteiger partial charge >= 0.3 is 0 Å². The molecule has 0 bridgehead atoms. The number of anilines is 4. The van der Waals surface area contributed by atoms with E-state index in [9.17, 15) is 4.39 Å². The van der Waals surface area contributed by atoms with Crippen LogP contribution in [0.5, 0.6) is 0 Å². The lowest BCUT2D eigenvalue weighted by atomic mass is 10.1. The van der Waals surface area contributed by atoms with Gasteiger partial charge in [0.25, 0.3) is 0 Å². The molecule has 0 saturated heterocycles. The Morgan fingerprint density at radius 3 is 2.46 bits per heavy atom. The molecule has 122 valence electrons. The fourth-order valence-corrected chi connectivity index (χ4v) is 2.27. The van der Waals surface area contributed by atoms with Crippen LogP contribution in [0.25, 0.3) is 0 Å². The summed E-state index contributed by atoms with van der Waals surface area (Å²) in [7, 11) is 0. The van der Waals surface area contributed by atoms with E-state index in [0.717, 1.165) is 5.69 Å². The van der Waals surface area contributed by atoms with Gasteiger partial charge in [0.2, 0.25) is 5.95 Å². The van der Waals surface area contributed by atoms with Crippen LogP contribution in [0.15, 0.2) is 42.6 Å². The molecule has 3 rings (SSSR count). The summed E-state index contributed by atoms with van der Waals surface area (Å²) in [5.74, 6) is 0.357. The van der Waals surface area contributed by atoms with Crippen LogP contribution in [0.2, 0.25) is 5.02 Å². The Morgan fingerprint density at radius 2 is 1.71 bits per heavy atom. The van der Waals surface area contributed by atoms with Crippen molar-refractivity contribution in [2.45, 2.75) is 13.8 Å². The van der Waals surface area contributed by atoms with Gasteiger partial charge in [0, 0.05) is 11.4 Å². The molecule has 0 aliphatic heterocycles. The van der Waals surface area contributed by atoms with Crippen LogP contribution in [0.4, 0.5) is 27.5 Å². The Kier molecular flexibility index (Phi) is 4.57. The predicted octanol–water partition coefficient (Wildman–Crippen LogP) is 4.77. The molecular formula is C17H15ClFN5. The zero-order valence-corrected chi connectivity index (χ0v) is 13.9. The van der Waals surface area contributed by atoms with Crippen LogP contribution in [-0.4, -0.2) is 15.2 Å². The first-order valence-corrected chi connectivity index (χ1v) is 7.65. The van der Waals surface area contributed by atoms with Gasteiger partial charge in [-0.05, 0) is 55.3 Å². The van der Waals surface area contributed by atoms with Crippen molar-refractivity contribution >= 4 is 34.7 Å². The number of benzene rings is 2. The third-order valence-electron chi connectivity index (χ3n) is 3.51. The molecule has 2 aromatic carbocycles. The number of rotatable bonds is 4. The largest absolute Gasteiger partial charge is 0.339 e. The van der Waals surface area contributed by atoms with E-state index in [4.69, 9.17) is 11.6 Å². The summed E-state index contributed by atoms with van der Waals surface area (Å²) in [5, 5.41) is 14.0. The van der Waals surface area contributed by atoms with Crippen molar-refractivity contribution in [2.24, 2.45) is 0 Å². The maximum atomic E-state index is 13.2. The van der Waals surface area contributed by atoms with E-state index in [2.05, 4.69) is 32.7 Å². The number of hydrogen-bond acceptors (Lipinski definition) is 5. The molecule has 0 aliphatic rings. The van der Waals surface area contributed by atoms with Gasteiger partial charge in [0.15, 0.2) is 5.82 Å². The molecule has 24 heavy (non-hydrogen) atoms. The van der Waals surface area contributed by atoms with E-state index in [1.807, 2.05) is 25.1 Å². The number of aryl methyl sites for hydroxylation is 2. The number of aromatic nitrogens is 3. The van der Waals surface area contributed by atoms with Crippen molar-refractivity contribution in [1.82, 2.24) is 15.2 Å². The Morgan fingerprint density at radius 1 is 0.958 bits per heavy atom. The smallest absolute Gasteiger partial charge is 0.249 e. The first-order valence-electron chi connectivity index (χ1n) is 7.27. The molecule has 0 spiro atoms. The zero-order chi connectivity index (χ0) is 17.1. The Hall–Kier alpha value is -2.73. The lowest BCUT2D eigenvalue weighted by Gasteiger charge is -2.09. The highest BCUT2D eigenvalue weighted by molar-refractivity contribution is 6.31. The van der Waals surface area contributed by atoms with Crippen molar-refractivity contribution in [1.29, 1.82) is 0 Å². The number of nitrogens with zero attached hydrogens (tertiary/aromatic N) is 3. The Bertz CT molecular complexity index is 816. The number of hydrogen-bond donors (Lipinski definition) is 2. The molecular weight excluding hydrogens is 329 g/mol. The van der Waals surface area contributed by atoms with Gasteiger partial charge in [-0.3, -0.25) is 0 Å². The number of halogens is 2. The average Bonchev–Trinajstić information content (AvgIpc) is 2.55. The van der Waals surface area contributed by atoms with Crippen LogP contribution in [0.3, 0.4) is 0 Å². The van der Waals surface area contributed by atoms with Crippen LogP contribution in [0, 0.1) is 19.7 Å². The summed E-state index contributed by atoms with van der Waals surface area (Å²) in [6.45, 7) is 4.09. The summed E-state index contributed by atoms with van der Waals surface area (Å²) in [4.78, 5) is 4.33. The third kappa shape index (κ3) is 3.78. The molecule has 5 nitrogen and oxygen atoms in total. The van der Waals surface area contributed by atoms with Gasteiger partial charge in [0.1, 0.15) is 5.82 Å². The van der Waals surface area contributed by atoms with Gasteiger partial charge < -0.3 is 10.6 Å². The number of nitrogens with one attached hydrogen (secondary N) is 2. The van der Waals surface area contributed by atoms with Crippen LogP contribution >= 0.6 is 11.6 Å². The molecule has 0 amide bonds. The van der Waals surface area contributed by atoms with Crippen molar-refractivity contribution in [3.8, 4) is 0 Å². The second kappa shape index (κ2) is 6.80. The van der Waals surface area contributed by atoms with E-state index in [-0.39, 0.29) is 5.02 Å². The van der Waals surface area contributed by atoms with Crippen molar-refractivity contribution in [2.75, 3.05) is 10.6 Å². The van der Waals surface area contributed by atoms with Crippen molar-refractivity contribution in [3.05, 3.63) is 64.6 Å². The maximum absolute atomic E-state index is 13.2. The normalized spacial score (nSPS) is 10.5. The van der Waals surface area contributed by atoms with Crippen LogP contribution < -0.4 is 10.6 Å². The molecule has 7 heteroatoms. The van der Waals surface area contributed by atoms with Crippen LogP contribution in [-0.2, 0) is 0 Å². The second-order valence-electron chi connectivity index (χ2n) is 5.34. The van der Waals surface area contributed by atoms with Crippen molar-refractivity contribution in [3.63, 3.8) is 0 Å². The van der Waals surface area contributed by atoms with Gasteiger partial charge in [-0.15, -0.1) is 5.10 Å². The molecule has 1 heterocycles. The molecule has 0 aliphatic carbocycles. The van der Waals surface area contributed by atoms with Gasteiger partial charge in [-0.25, -0.2) is 4.39 Å². The second-order valence-corrected chi connectivity index (χ2v) is 5.75. The Balaban J connectivity index is 1.78. The molecule has 0 unspecified atom stereocenters. The Labute approximate surface area is 143 Å². The fraction of sp³-hybridized carbons (Fsp3) is 0.118. The zero-order valence-electron chi connectivity index (χ0n) is 13.1. The van der Waals surface area contributed by atoms with E-state index >= 15 is 0 Å². The third-order valence-corrected chi connectivity index (χ3v) is 3.80. The van der Waals surface area contributed by atoms with Gasteiger partial charge in [-0.1, -0.05) is 17.7 Å². The molecule has 0 saturated carbocycles. The summed E-state index contributed by atoms with van der Waals surface area (Å²) in [5.41, 5.74) is 3.87. The van der Waals surface area contributed by atoms with E-state index < -0.39 is 5.82 Å². The fourth-order valence-electron chi connectivity index (χ4n) is 2.09. The monoisotopic (exact) mass is 343 g/mol. The molecule has 2 N–H and O–H groups in total. The average molecular weight is 344 g/mol. The van der Waals surface area contributed by atoms with E-state index in [1.165, 1.54) is 29.5 Å². The highest BCUT2D eigenvalue weighted by Crippen LogP contribution is 2.22. The summed E-state index contributed by atoms with van der Waals surface area (Å²) in [6, 6.07) is 10.3. The minimum atomic E-state index is -0.472. The summed E-state index contributed by atoms with van der Waals surface area (Å²) < 4.78 is 13.2. The molecule has 3 aromatic rings. The van der Waals surface area contributed by atoms with Crippen molar-refractivity contribution < 1.29 is 4.39 Å². The minimum absolute atomic E-state index is 0.0375. The first kappa shape index (κ1) is 16.1. The molecule has 0 atom stereocenters. The van der Waals surface area contributed by atoms with Gasteiger partial charge in [0.05, 0.1) is 11.2 Å². The SMILES string of the molecule is Cc1ccc(Nc2nncc(Nc3ccc(F)c(Cl)c3)n2)cc1C. The standard InChI is InChI=1S/C17H15ClFN5/c1-10-3-4-12(7-11(10)2)22-17-23-16(9-20-24-17)21-13-5-6-15(19)14(18)8-13/h3-9H,1-2H3,(H2,21,22,23,24). The summed E-state index contributed by atoms with van der Waals surface area (Å²) in [6.07, 6.45) is 1.48. The maximum Gasteiger partial charge on any atom is 0.249 e. The summed E-state index contributed by atoms with van der Waals surface area (Å²) >= 11 is 5.77. The highest BCUT2D eigenvalue weighted by Gasteiger charge is 2.05. The lowest BCUT2D eigenvalue weighted by molar-refractivity contribution is 0.628. The van der Waals surface area contributed by atoms with E-state index in [1.54, 1.807) is 6.07 Å². The van der Waals surface area contributed by atoms with Gasteiger partial charge in [-0.2, -0.15) is 10.1 Å². The first-order chi connectivity index (χ1) is 11.5.